The number of aliphatic imine (C=N–C) groups is 1. The minimum atomic E-state index is -1.03. The van der Waals surface area contributed by atoms with Crippen molar-refractivity contribution in [1.82, 2.24) is 5.32 Å². The summed E-state index contributed by atoms with van der Waals surface area (Å²) < 4.78 is 0. The van der Waals surface area contributed by atoms with Crippen LogP contribution in [0.5, 0.6) is 0 Å². The second kappa shape index (κ2) is 3.61. The molecule has 6 heteroatoms. The Bertz CT molecular complexity index is 311. The van der Waals surface area contributed by atoms with E-state index in [4.69, 9.17) is 5.11 Å². The average Bonchev–Trinajstić information content (AvgIpc) is 1.96. The maximum Gasteiger partial charge on any atom is 0.304 e. The van der Waals surface area contributed by atoms with Gasteiger partial charge in [0.05, 0.1) is 12.3 Å². The number of carbonyl (C=O) groups excluding carboxylic acids is 1. The van der Waals surface area contributed by atoms with E-state index in [1.165, 1.54) is 0 Å². The smallest absolute Gasteiger partial charge is 0.304 e. The van der Waals surface area contributed by atoms with E-state index in [2.05, 4.69) is 22.5 Å². The van der Waals surface area contributed by atoms with Gasteiger partial charge in [-0.15, -0.1) is 0 Å². The number of rotatable bonds is 2. The van der Waals surface area contributed by atoms with Gasteiger partial charge in [0, 0.05) is 5.71 Å². The number of hydrogen-bond acceptors (Lipinski definition) is 3. The lowest BCUT2D eigenvalue weighted by atomic mass is 9.98. The molecule has 1 atom stereocenters. The van der Waals surface area contributed by atoms with Crippen molar-refractivity contribution in [1.29, 1.82) is 0 Å². The maximum absolute atomic E-state index is 11.2. The van der Waals surface area contributed by atoms with Crippen molar-refractivity contribution in [3.05, 3.63) is 0 Å². The van der Waals surface area contributed by atoms with E-state index >= 15 is 0 Å². The molecule has 0 saturated carbocycles. The molecule has 70 valence electrons. The van der Waals surface area contributed by atoms with Gasteiger partial charge in [-0.2, -0.15) is 0 Å². The summed E-state index contributed by atoms with van der Waals surface area (Å²) in [6, 6.07) is 0. The molecule has 0 aliphatic carbocycles. The summed E-state index contributed by atoms with van der Waals surface area (Å²) in [6.07, 6.45) is -0.246. The topological polar surface area (TPSA) is 78.8 Å². The molecule has 5 nitrogen and oxygen atoms in total. The lowest BCUT2D eigenvalue weighted by Gasteiger charge is -2.18. The molecule has 1 aliphatic heterocycles. The molecule has 0 spiro atoms. The Labute approximate surface area is 79.8 Å². The van der Waals surface area contributed by atoms with Gasteiger partial charge in [0.2, 0.25) is 5.91 Å². The highest BCUT2D eigenvalue weighted by Crippen LogP contribution is 2.10. The zero-order chi connectivity index (χ0) is 10.0. The lowest BCUT2D eigenvalue weighted by Crippen LogP contribution is -2.42. The fourth-order valence-electron chi connectivity index (χ4n) is 1.06. The van der Waals surface area contributed by atoms with Crippen molar-refractivity contribution < 1.29 is 14.7 Å². The third-order valence-corrected chi connectivity index (χ3v) is 1.90. The molecule has 0 fully saturated rings. The average molecular weight is 200 g/mol. The van der Waals surface area contributed by atoms with Gasteiger partial charge < -0.3 is 10.4 Å². The molecule has 0 bridgehead atoms. The van der Waals surface area contributed by atoms with Gasteiger partial charge in [-0.3, -0.25) is 9.59 Å². The number of nitrogens with one attached hydrogen (secondary N) is 1. The number of carboxylic acids is 1. The Morgan fingerprint density at radius 1 is 1.77 bits per heavy atom. The first-order valence-corrected chi connectivity index (χ1v) is 4.03. The summed E-state index contributed by atoms with van der Waals surface area (Å²) in [5, 5.41) is 10.9. The third-order valence-electron chi connectivity index (χ3n) is 1.71. The van der Waals surface area contributed by atoms with Crippen LogP contribution < -0.4 is 5.32 Å². The van der Waals surface area contributed by atoms with Crippen molar-refractivity contribution >= 4 is 34.9 Å². The SMILES string of the molecule is CC1=NC(=S)NC(=O)C1CC(=O)O. The molecule has 1 rings (SSSR count). The first-order chi connectivity index (χ1) is 6.00. The molecular formula is C7H8N2O3S. The minimum absolute atomic E-state index is 0.101. The van der Waals surface area contributed by atoms with Crippen LogP contribution in [0.3, 0.4) is 0 Å². The van der Waals surface area contributed by atoms with Crippen LogP contribution >= 0.6 is 12.2 Å². The van der Waals surface area contributed by atoms with Gasteiger partial charge in [0.1, 0.15) is 0 Å². The molecule has 0 aromatic carbocycles. The third kappa shape index (κ3) is 2.32. The highest BCUT2D eigenvalue weighted by Gasteiger charge is 2.28. The second-order valence-corrected chi connectivity index (χ2v) is 3.08. The largest absolute Gasteiger partial charge is 0.481 e. The first kappa shape index (κ1) is 9.79. The summed E-state index contributed by atoms with van der Waals surface area (Å²) in [4.78, 5) is 25.4. The van der Waals surface area contributed by atoms with Gasteiger partial charge in [0.15, 0.2) is 5.11 Å². The predicted octanol–water partition coefficient (Wildman–Crippen LogP) is -0.0471. The maximum atomic E-state index is 11.2. The zero-order valence-corrected chi connectivity index (χ0v) is 7.72. The Hall–Kier alpha value is -1.30. The fraction of sp³-hybridized carbons (Fsp3) is 0.429. The van der Waals surface area contributed by atoms with Crippen LogP contribution in [0, 0.1) is 5.92 Å². The molecular weight excluding hydrogens is 192 g/mol. The number of nitrogens with zero attached hydrogens (tertiary/aromatic N) is 1. The van der Waals surface area contributed by atoms with Crippen molar-refractivity contribution in [2.24, 2.45) is 10.9 Å². The number of carboxylic acid groups (broad SMARTS) is 1. The van der Waals surface area contributed by atoms with Crippen molar-refractivity contribution in [3.63, 3.8) is 0 Å². The van der Waals surface area contributed by atoms with E-state index in [1.807, 2.05) is 0 Å². The van der Waals surface area contributed by atoms with Gasteiger partial charge in [-0.05, 0) is 19.1 Å². The summed E-state index contributed by atoms with van der Waals surface area (Å²) in [6.45, 7) is 1.60. The molecule has 1 unspecified atom stereocenters. The molecule has 0 aromatic heterocycles. The molecule has 0 saturated heterocycles. The van der Waals surface area contributed by atoms with E-state index in [0.717, 1.165) is 0 Å². The van der Waals surface area contributed by atoms with Crippen LogP contribution in [-0.4, -0.2) is 27.8 Å². The molecule has 2 N–H and O–H groups in total. The number of hydrogen-bond donors (Lipinski definition) is 2. The van der Waals surface area contributed by atoms with Crippen molar-refractivity contribution in [2.45, 2.75) is 13.3 Å². The molecule has 1 aliphatic rings. The normalized spacial score (nSPS) is 22.2. The van der Waals surface area contributed by atoms with Gasteiger partial charge in [-0.25, -0.2) is 4.99 Å². The van der Waals surface area contributed by atoms with Crippen molar-refractivity contribution in [3.8, 4) is 0 Å². The minimum Gasteiger partial charge on any atom is -0.481 e. The van der Waals surface area contributed by atoms with Crippen LogP contribution in [-0.2, 0) is 9.59 Å². The molecule has 1 amide bonds. The van der Waals surface area contributed by atoms with Crippen molar-refractivity contribution in [2.75, 3.05) is 0 Å². The summed E-state index contributed by atoms with van der Waals surface area (Å²) in [7, 11) is 0. The summed E-state index contributed by atoms with van der Waals surface area (Å²) in [5.74, 6) is -2.10. The zero-order valence-electron chi connectivity index (χ0n) is 6.90. The van der Waals surface area contributed by atoms with Crippen LogP contribution in [0.2, 0.25) is 0 Å². The highest BCUT2D eigenvalue weighted by atomic mass is 32.1. The van der Waals surface area contributed by atoms with Gasteiger partial charge >= 0.3 is 5.97 Å². The van der Waals surface area contributed by atoms with E-state index < -0.39 is 11.9 Å². The van der Waals surface area contributed by atoms with E-state index in [1.54, 1.807) is 6.92 Å². The van der Waals surface area contributed by atoms with Gasteiger partial charge in [-0.1, -0.05) is 0 Å². The number of amides is 1. The Morgan fingerprint density at radius 3 is 2.85 bits per heavy atom. The molecule has 0 aromatic rings. The van der Waals surface area contributed by atoms with Crippen LogP contribution in [0.15, 0.2) is 4.99 Å². The number of carbonyl (C=O) groups is 2. The molecule has 0 radical (unpaired) electrons. The van der Waals surface area contributed by atoms with Crippen LogP contribution in [0.1, 0.15) is 13.3 Å². The summed E-state index contributed by atoms with van der Waals surface area (Å²) in [5.41, 5.74) is 0.455. The quantitative estimate of drug-likeness (QED) is 0.613. The number of thiocarbonyl (C=S) groups is 1. The van der Waals surface area contributed by atoms with E-state index in [-0.39, 0.29) is 17.4 Å². The monoisotopic (exact) mass is 200 g/mol. The van der Waals surface area contributed by atoms with E-state index in [0.29, 0.717) is 5.71 Å². The van der Waals surface area contributed by atoms with Crippen LogP contribution in [0.25, 0.3) is 0 Å². The Morgan fingerprint density at radius 2 is 2.38 bits per heavy atom. The second-order valence-electron chi connectivity index (χ2n) is 2.70. The standard InChI is InChI=1S/C7H8N2O3S/c1-3-4(2-5(10)11)6(12)9-7(13)8-3/h4H,2H2,1H3,(H,10,11)(H,9,12,13). The Kier molecular flexibility index (Phi) is 2.72. The van der Waals surface area contributed by atoms with Crippen LogP contribution in [0.4, 0.5) is 0 Å². The summed E-state index contributed by atoms with van der Waals surface area (Å²) >= 11 is 4.66. The van der Waals surface area contributed by atoms with Gasteiger partial charge in [0.25, 0.3) is 0 Å². The number of aliphatic carboxylic acids is 1. The molecule has 13 heavy (non-hydrogen) atoms. The van der Waals surface area contributed by atoms with E-state index in [9.17, 15) is 9.59 Å². The highest BCUT2D eigenvalue weighted by molar-refractivity contribution is 7.80. The Balaban J connectivity index is 2.84. The lowest BCUT2D eigenvalue weighted by molar-refractivity contribution is -0.139. The molecule has 1 heterocycles. The fourth-order valence-corrected chi connectivity index (χ4v) is 1.31. The predicted molar refractivity (Wildman–Crippen MR) is 49.6 cm³/mol. The first-order valence-electron chi connectivity index (χ1n) is 3.62.